The van der Waals surface area contributed by atoms with Crippen molar-refractivity contribution in [2.45, 2.75) is 63.5 Å². The molecule has 0 bridgehead atoms. The number of benzene rings is 4. The zero-order valence-corrected chi connectivity index (χ0v) is 34.4. The van der Waals surface area contributed by atoms with Gasteiger partial charge in [-0.05, 0) is 105 Å². The molecule has 3 fully saturated rings. The summed E-state index contributed by atoms with van der Waals surface area (Å²) in [5.74, 6) is 0. The molecule has 0 amide bonds. The van der Waals surface area contributed by atoms with Crippen molar-refractivity contribution in [2.75, 3.05) is 72.0 Å². The predicted octanol–water partition coefficient (Wildman–Crippen LogP) is 8.28. The first kappa shape index (κ1) is 43.6. The van der Waals surface area contributed by atoms with Gasteiger partial charge in [-0.1, -0.05) is 52.3 Å². The topological polar surface area (TPSA) is 71.9 Å². The first-order valence-electron chi connectivity index (χ1n) is 19.1. The van der Waals surface area contributed by atoms with E-state index in [1.165, 1.54) is 24.3 Å². The van der Waals surface area contributed by atoms with Crippen LogP contribution in [0.2, 0.25) is 0 Å². The molecular formula is C42H48BBrF6N4O4. The molecule has 2 atom stereocenters. The van der Waals surface area contributed by atoms with Crippen molar-refractivity contribution in [3.63, 3.8) is 0 Å². The van der Waals surface area contributed by atoms with Gasteiger partial charge >= 0.3 is 19.5 Å². The Hall–Kier alpha value is -3.96. The zero-order chi connectivity index (χ0) is 42.0. The van der Waals surface area contributed by atoms with Crippen LogP contribution in [-0.2, 0) is 9.31 Å². The van der Waals surface area contributed by atoms with Crippen molar-refractivity contribution in [3.8, 4) is 0 Å². The maximum absolute atomic E-state index is 12.9. The normalized spacial score (nSPS) is 19.4. The van der Waals surface area contributed by atoms with Crippen LogP contribution in [0, 0.1) is 0 Å². The maximum Gasteiger partial charge on any atom is 0.494 e. The second-order valence-electron chi connectivity index (χ2n) is 15.7. The van der Waals surface area contributed by atoms with Crippen molar-refractivity contribution < 1.29 is 45.9 Å². The second-order valence-corrected chi connectivity index (χ2v) is 16.6. The SMILES string of the molecule is CC1(C)OB(c2ccc(N3CCN(c4cccc(C(O)C(F)(F)F)c4)CC3)cc2)OC1(C)C.OC(c1cccc(N2CCN(c3ccc(Br)cc3)CC2)c1)C(F)(F)F. The molecule has 0 aliphatic carbocycles. The largest absolute Gasteiger partial charge is 0.494 e. The highest BCUT2D eigenvalue weighted by Gasteiger charge is 2.51. The van der Waals surface area contributed by atoms with Crippen LogP contribution >= 0.6 is 15.9 Å². The van der Waals surface area contributed by atoms with Crippen molar-refractivity contribution in [3.05, 3.63) is 113 Å². The van der Waals surface area contributed by atoms with Crippen LogP contribution < -0.4 is 25.1 Å². The summed E-state index contributed by atoms with van der Waals surface area (Å²) in [6.07, 6.45) is -14.2. The summed E-state index contributed by atoms with van der Waals surface area (Å²) in [5, 5.41) is 19.0. The van der Waals surface area contributed by atoms with Gasteiger partial charge in [0.05, 0.1) is 11.2 Å². The van der Waals surface area contributed by atoms with E-state index in [0.717, 1.165) is 47.5 Å². The number of aliphatic hydroxyl groups is 2. The molecule has 0 spiro atoms. The summed E-state index contributed by atoms with van der Waals surface area (Å²) in [5.41, 5.74) is 3.53. The molecule has 312 valence electrons. The van der Waals surface area contributed by atoms with Crippen LogP contribution in [0.3, 0.4) is 0 Å². The number of rotatable bonds is 7. The number of nitrogens with zero attached hydrogens (tertiary/aromatic N) is 4. The first-order chi connectivity index (χ1) is 27.2. The van der Waals surface area contributed by atoms with Gasteiger partial charge < -0.3 is 39.1 Å². The molecule has 4 aromatic rings. The van der Waals surface area contributed by atoms with Crippen molar-refractivity contribution >= 4 is 51.3 Å². The molecule has 0 aromatic heterocycles. The average molecular weight is 878 g/mol. The Morgan fingerprint density at radius 2 is 0.862 bits per heavy atom. The Labute approximate surface area is 344 Å². The third kappa shape index (κ3) is 10.2. The van der Waals surface area contributed by atoms with Crippen LogP contribution in [0.25, 0.3) is 0 Å². The number of aliphatic hydroxyl groups excluding tert-OH is 2. The van der Waals surface area contributed by atoms with Crippen LogP contribution in [0.5, 0.6) is 0 Å². The molecule has 4 aromatic carbocycles. The van der Waals surface area contributed by atoms with Gasteiger partial charge in [-0.15, -0.1) is 0 Å². The van der Waals surface area contributed by atoms with Gasteiger partial charge in [0.25, 0.3) is 0 Å². The van der Waals surface area contributed by atoms with E-state index in [4.69, 9.17) is 9.31 Å². The molecule has 8 nitrogen and oxygen atoms in total. The highest BCUT2D eigenvalue weighted by molar-refractivity contribution is 9.10. The molecule has 3 heterocycles. The predicted molar refractivity (Wildman–Crippen MR) is 220 cm³/mol. The van der Waals surface area contributed by atoms with Gasteiger partial charge in [0.15, 0.2) is 12.2 Å². The molecule has 7 rings (SSSR count). The minimum absolute atomic E-state index is 0.125. The lowest BCUT2D eigenvalue weighted by atomic mass is 9.79. The molecule has 3 aliphatic heterocycles. The van der Waals surface area contributed by atoms with Crippen molar-refractivity contribution in [1.29, 1.82) is 0 Å². The Kier molecular flexibility index (Phi) is 13.0. The van der Waals surface area contributed by atoms with E-state index in [1.54, 1.807) is 24.3 Å². The van der Waals surface area contributed by atoms with Gasteiger partial charge in [0.2, 0.25) is 0 Å². The smallest absolute Gasteiger partial charge is 0.399 e. The minimum Gasteiger partial charge on any atom is -0.399 e. The summed E-state index contributed by atoms with van der Waals surface area (Å²) in [6, 6.07) is 28.3. The molecular weight excluding hydrogens is 829 g/mol. The minimum atomic E-state index is -4.68. The Morgan fingerprint density at radius 1 is 0.534 bits per heavy atom. The van der Waals surface area contributed by atoms with Crippen LogP contribution in [0.1, 0.15) is 51.0 Å². The number of alkyl halides is 6. The van der Waals surface area contributed by atoms with E-state index in [2.05, 4.69) is 37.9 Å². The summed E-state index contributed by atoms with van der Waals surface area (Å²) in [7, 11) is -0.403. The van der Waals surface area contributed by atoms with Crippen LogP contribution in [-0.4, -0.2) is 93.2 Å². The molecule has 58 heavy (non-hydrogen) atoms. The lowest BCUT2D eigenvalue weighted by Gasteiger charge is -2.37. The quantitative estimate of drug-likeness (QED) is 0.142. The first-order valence-corrected chi connectivity index (χ1v) is 19.9. The Balaban J connectivity index is 0.000000203. The number of halogens is 7. The summed E-state index contributed by atoms with van der Waals surface area (Å²) in [6.45, 7) is 13.9. The highest BCUT2D eigenvalue weighted by atomic mass is 79.9. The van der Waals surface area contributed by atoms with E-state index in [-0.39, 0.29) is 22.3 Å². The van der Waals surface area contributed by atoms with Crippen molar-refractivity contribution in [2.24, 2.45) is 0 Å². The lowest BCUT2D eigenvalue weighted by Crippen LogP contribution is -2.46. The van der Waals surface area contributed by atoms with Gasteiger partial charge in [0.1, 0.15) is 0 Å². The molecule has 3 aliphatic rings. The van der Waals surface area contributed by atoms with E-state index in [1.807, 2.05) is 73.9 Å². The zero-order valence-electron chi connectivity index (χ0n) is 32.8. The fourth-order valence-electron chi connectivity index (χ4n) is 7.08. The third-order valence-electron chi connectivity index (χ3n) is 11.3. The highest BCUT2D eigenvalue weighted by Crippen LogP contribution is 2.38. The van der Waals surface area contributed by atoms with Crippen LogP contribution in [0.4, 0.5) is 49.1 Å². The molecule has 3 saturated heterocycles. The molecule has 16 heteroatoms. The van der Waals surface area contributed by atoms with Gasteiger partial charge in [-0.2, -0.15) is 26.3 Å². The molecule has 0 saturated carbocycles. The molecule has 0 radical (unpaired) electrons. The summed E-state index contributed by atoms with van der Waals surface area (Å²) in [4.78, 5) is 8.58. The van der Waals surface area contributed by atoms with Gasteiger partial charge in [-0.3, -0.25) is 0 Å². The monoisotopic (exact) mass is 876 g/mol. The Morgan fingerprint density at radius 3 is 1.21 bits per heavy atom. The van der Waals surface area contributed by atoms with Gasteiger partial charge in [-0.25, -0.2) is 0 Å². The average Bonchev–Trinajstić information content (AvgIpc) is 3.43. The maximum atomic E-state index is 12.9. The number of hydrogen-bond acceptors (Lipinski definition) is 8. The fourth-order valence-corrected chi connectivity index (χ4v) is 7.34. The van der Waals surface area contributed by atoms with E-state index in [9.17, 15) is 36.6 Å². The van der Waals surface area contributed by atoms with Crippen LogP contribution in [0.15, 0.2) is 102 Å². The molecule has 2 N–H and O–H groups in total. The third-order valence-corrected chi connectivity index (χ3v) is 11.8. The van der Waals surface area contributed by atoms with Gasteiger partial charge in [0, 0.05) is 79.6 Å². The van der Waals surface area contributed by atoms with E-state index in [0.29, 0.717) is 37.6 Å². The number of hydrogen-bond donors (Lipinski definition) is 2. The Bertz CT molecular complexity index is 1950. The molecule has 2 unspecified atom stereocenters. The van der Waals surface area contributed by atoms with Crippen molar-refractivity contribution in [1.82, 2.24) is 0 Å². The summed E-state index contributed by atoms with van der Waals surface area (Å²) >= 11 is 3.41. The van der Waals surface area contributed by atoms with E-state index < -0.39 is 31.7 Å². The second kappa shape index (κ2) is 17.3. The standard InChI is InChI=1S/C24H30BF3N2O3.C18H18BrF3N2O/c1-22(2)23(3,4)33-25(32-22)18-8-10-19(11-9-18)29-12-14-30(15-13-29)20-7-5-6-17(16-20)21(31)24(26,27)28;19-14-4-6-15(7-5-14)23-8-10-24(11-9-23)16-3-1-2-13(12-16)17(25)18(20,21)22/h5-11,16,21,31H,12-15H2,1-4H3;1-7,12,17,25H,8-11H2. The van der Waals surface area contributed by atoms with E-state index >= 15 is 0 Å². The number of piperazine rings is 2. The number of anilines is 4. The summed E-state index contributed by atoms with van der Waals surface area (Å²) < 4.78 is 90.0. The fraction of sp³-hybridized carbons (Fsp3) is 0.429. The lowest BCUT2D eigenvalue weighted by molar-refractivity contribution is -0.207.